The van der Waals surface area contributed by atoms with Gasteiger partial charge in [-0.1, -0.05) is 19.7 Å². The molecule has 140 valence electrons. The van der Waals surface area contributed by atoms with Gasteiger partial charge in [-0.2, -0.15) is 0 Å². The molecule has 0 amide bonds. The van der Waals surface area contributed by atoms with Gasteiger partial charge in [0.15, 0.2) is 0 Å². The standard InChI is InChI=1S/C6H14O3.3C3H4O2/c7-3-1-5-9-6-2-4-8;3*1-2-3(4)5/h7-8H,1-6H2;3*2H,1H2,(H,4,5). The summed E-state index contributed by atoms with van der Waals surface area (Å²) in [5, 5.41) is 39.4. The number of aliphatic hydroxyl groups excluding tert-OH is 2. The summed E-state index contributed by atoms with van der Waals surface area (Å²) >= 11 is 0. The Bertz CT molecular complexity index is 302. The Hall–Kier alpha value is -2.49. The van der Waals surface area contributed by atoms with Crippen molar-refractivity contribution in [3.05, 3.63) is 38.0 Å². The van der Waals surface area contributed by atoms with Crippen molar-refractivity contribution in [2.45, 2.75) is 12.8 Å². The Morgan fingerprint density at radius 1 is 0.708 bits per heavy atom. The molecule has 0 atom stereocenters. The van der Waals surface area contributed by atoms with Gasteiger partial charge in [0.05, 0.1) is 0 Å². The summed E-state index contributed by atoms with van der Waals surface area (Å²) in [4.78, 5) is 27.8. The zero-order valence-corrected chi connectivity index (χ0v) is 13.5. The van der Waals surface area contributed by atoms with E-state index in [2.05, 4.69) is 19.7 Å². The van der Waals surface area contributed by atoms with Gasteiger partial charge >= 0.3 is 17.9 Å². The first-order chi connectivity index (χ1) is 11.2. The summed E-state index contributed by atoms with van der Waals surface area (Å²) in [5.41, 5.74) is 0. The lowest BCUT2D eigenvalue weighted by Gasteiger charge is -1.99. The number of aliphatic carboxylic acids is 3. The summed E-state index contributed by atoms with van der Waals surface area (Å²) in [7, 11) is 0. The number of aliphatic hydroxyl groups is 2. The Kier molecular flexibility index (Phi) is 35.2. The predicted molar refractivity (Wildman–Crippen MR) is 87.7 cm³/mol. The van der Waals surface area contributed by atoms with Crippen molar-refractivity contribution in [3.8, 4) is 0 Å². The first-order valence-electron chi connectivity index (χ1n) is 6.58. The second-order valence-electron chi connectivity index (χ2n) is 3.39. The van der Waals surface area contributed by atoms with E-state index in [4.69, 9.17) is 30.3 Å². The summed E-state index contributed by atoms with van der Waals surface area (Å²) in [6.45, 7) is 10.4. The normalized spacial score (nSPS) is 7.75. The summed E-state index contributed by atoms with van der Waals surface area (Å²) in [6, 6.07) is 0. The molecule has 0 spiro atoms. The average Bonchev–Trinajstić information content (AvgIpc) is 2.56. The second-order valence-corrected chi connectivity index (χ2v) is 3.39. The highest BCUT2D eigenvalue weighted by Crippen LogP contribution is 1.83. The first kappa shape index (κ1) is 29.5. The Labute approximate surface area is 140 Å². The van der Waals surface area contributed by atoms with Crippen LogP contribution in [0.15, 0.2) is 38.0 Å². The zero-order chi connectivity index (χ0) is 19.8. The Morgan fingerprint density at radius 2 is 0.917 bits per heavy atom. The molecule has 5 N–H and O–H groups in total. The molecule has 0 unspecified atom stereocenters. The van der Waals surface area contributed by atoms with Gasteiger partial charge in [0, 0.05) is 44.7 Å². The molecular weight excluding hydrogens is 324 g/mol. The minimum atomic E-state index is -0.981. The third-order valence-electron chi connectivity index (χ3n) is 1.42. The van der Waals surface area contributed by atoms with Gasteiger partial charge in [-0.3, -0.25) is 0 Å². The van der Waals surface area contributed by atoms with Gasteiger partial charge < -0.3 is 30.3 Å². The molecule has 0 aromatic rings. The largest absolute Gasteiger partial charge is 0.478 e. The number of hydrogen-bond donors (Lipinski definition) is 5. The SMILES string of the molecule is C=CC(=O)O.C=CC(=O)O.C=CC(=O)O.OCCCOCCCO. The molecule has 0 radical (unpaired) electrons. The highest BCUT2D eigenvalue weighted by Gasteiger charge is 1.85. The summed E-state index contributed by atoms with van der Waals surface area (Å²) < 4.78 is 4.99. The van der Waals surface area contributed by atoms with Crippen LogP contribution >= 0.6 is 0 Å². The second kappa shape index (κ2) is 28.6. The first-order valence-corrected chi connectivity index (χ1v) is 6.58. The van der Waals surface area contributed by atoms with E-state index in [1.807, 2.05) is 0 Å². The van der Waals surface area contributed by atoms with Gasteiger partial charge in [-0.15, -0.1) is 0 Å². The van der Waals surface area contributed by atoms with Crippen LogP contribution in [0.1, 0.15) is 12.8 Å². The topological polar surface area (TPSA) is 162 Å². The van der Waals surface area contributed by atoms with Crippen LogP contribution < -0.4 is 0 Å². The molecule has 9 nitrogen and oxygen atoms in total. The molecule has 0 fully saturated rings. The van der Waals surface area contributed by atoms with Crippen molar-refractivity contribution >= 4 is 17.9 Å². The van der Waals surface area contributed by atoms with Crippen LogP contribution in [-0.2, 0) is 19.1 Å². The number of carbonyl (C=O) groups is 3. The lowest BCUT2D eigenvalue weighted by molar-refractivity contribution is -0.132. The molecule has 0 saturated carbocycles. The molecule has 9 heteroatoms. The molecule has 0 heterocycles. The van der Waals surface area contributed by atoms with Gasteiger partial charge in [0.25, 0.3) is 0 Å². The quantitative estimate of drug-likeness (QED) is 0.295. The molecule has 0 aliphatic rings. The van der Waals surface area contributed by atoms with Crippen molar-refractivity contribution in [1.82, 2.24) is 0 Å². The van der Waals surface area contributed by atoms with Gasteiger partial charge in [0.1, 0.15) is 0 Å². The number of carboxylic acid groups (broad SMARTS) is 3. The van der Waals surface area contributed by atoms with Gasteiger partial charge in [-0.25, -0.2) is 14.4 Å². The van der Waals surface area contributed by atoms with Crippen LogP contribution in [0.4, 0.5) is 0 Å². The minimum Gasteiger partial charge on any atom is -0.478 e. The average molecular weight is 350 g/mol. The van der Waals surface area contributed by atoms with E-state index in [1.54, 1.807) is 0 Å². The molecule has 0 aliphatic carbocycles. The predicted octanol–water partition coefficient (Wildman–Crippen LogP) is 0.539. The smallest absolute Gasteiger partial charge is 0.327 e. The summed E-state index contributed by atoms with van der Waals surface area (Å²) in [5.74, 6) is -2.94. The van der Waals surface area contributed by atoms with E-state index in [9.17, 15) is 14.4 Å². The fraction of sp³-hybridized carbons (Fsp3) is 0.400. The summed E-state index contributed by atoms with van der Waals surface area (Å²) in [6.07, 6.45) is 3.87. The maximum absolute atomic E-state index is 9.25. The van der Waals surface area contributed by atoms with Crippen LogP contribution in [0.25, 0.3) is 0 Å². The molecule has 0 saturated heterocycles. The van der Waals surface area contributed by atoms with Crippen molar-refractivity contribution in [2.24, 2.45) is 0 Å². The fourth-order valence-corrected chi connectivity index (χ4v) is 0.435. The fourth-order valence-electron chi connectivity index (χ4n) is 0.435. The maximum atomic E-state index is 9.25. The number of rotatable bonds is 9. The van der Waals surface area contributed by atoms with E-state index in [0.29, 0.717) is 26.1 Å². The number of hydrogen-bond acceptors (Lipinski definition) is 6. The molecular formula is C15H26O9. The highest BCUT2D eigenvalue weighted by atomic mass is 16.5. The zero-order valence-electron chi connectivity index (χ0n) is 13.5. The van der Waals surface area contributed by atoms with E-state index in [1.165, 1.54) is 0 Å². The number of carboxylic acids is 3. The molecule has 0 aromatic carbocycles. The molecule has 24 heavy (non-hydrogen) atoms. The molecule has 0 bridgehead atoms. The van der Waals surface area contributed by atoms with Crippen LogP contribution in [0.2, 0.25) is 0 Å². The number of ether oxygens (including phenoxy) is 1. The van der Waals surface area contributed by atoms with Crippen LogP contribution in [0.3, 0.4) is 0 Å². The molecule has 0 aliphatic heterocycles. The van der Waals surface area contributed by atoms with Crippen LogP contribution in [-0.4, -0.2) is 69.9 Å². The van der Waals surface area contributed by atoms with Crippen molar-refractivity contribution < 1.29 is 44.7 Å². The van der Waals surface area contributed by atoms with Crippen molar-refractivity contribution in [2.75, 3.05) is 26.4 Å². The third-order valence-corrected chi connectivity index (χ3v) is 1.42. The molecule has 0 rings (SSSR count). The minimum absolute atomic E-state index is 0.180. The van der Waals surface area contributed by atoms with Crippen LogP contribution in [0.5, 0.6) is 0 Å². The molecule has 0 aromatic heterocycles. The lowest BCUT2D eigenvalue weighted by atomic mass is 10.5. The lowest BCUT2D eigenvalue weighted by Crippen LogP contribution is -2.00. The van der Waals surface area contributed by atoms with Crippen molar-refractivity contribution in [3.63, 3.8) is 0 Å². The Morgan fingerprint density at radius 3 is 1.04 bits per heavy atom. The Balaban J connectivity index is -0.000000116. The maximum Gasteiger partial charge on any atom is 0.327 e. The van der Waals surface area contributed by atoms with E-state index in [0.717, 1.165) is 18.2 Å². The van der Waals surface area contributed by atoms with E-state index < -0.39 is 17.9 Å². The van der Waals surface area contributed by atoms with Gasteiger partial charge in [0.2, 0.25) is 0 Å². The highest BCUT2D eigenvalue weighted by molar-refractivity contribution is 5.79. The van der Waals surface area contributed by atoms with Gasteiger partial charge in [-0.05, 0) is 12.8 Å². The van der Waals surface area contributed by atoms with E-state index >= 15 is 0 Å². The third kappa shape index (κ3) is 73.9. The monoisotopic (exact) mass is 350 g/mol. The van der Waals surface area contributed by atoms with E-state index in [-0.39, 0.29) is 13.2 Å². The van der Waals surface area contributed by atoms with Crippen LogP contribution in [0, 0.1) is 0 Å². The van der Waals surface area contributed by atoms with Crippen molar-refractivity contribution in [1.29, 1.82) is 0 Å².